The van der Waals surface area contributed by atoms with Gasteiger partial charge >= 0.3 is 6.18 Å². The first kappa shape index (κ1) is 12.6. The van der Waals surface area contributed by atoms with Crippen molar-refractivity contribution in [1.29, 1.82) is 0 Å². The molecule has 0 fully saturated rings. The predicted molar refractivity (Wildman–Crippen MR) is 50.8 cm³/mol. The van der Waals surface area contributed by atoms with Crippen molar-refractivity contribution in [3.63, 3.8) is 0 Å². The van der Waals surface area contributed by atoms with Crippen LogP contribution < -0.4 is 5.73 Å². The molecule has 0 heterocycles. The van der Waals surface area contributed by atoms with E-state index in [2.05, 4.69) is 15.9 Å². The molecule has 74 valence electrons. The number of nitrogen functional groups attached to an aromatic ring is 1. The SMILES string of the molecule is Cl.Nc1cccc(C(F)(F)F)c1Br. The highest BCUT2D eigenvalue weighted by atomic mass is 79.9. The van der Waals surface area contributed by atoms with Gasteiger partial charge in [0.25, 0.3) is 0 Å². The van der Waals surface area contributed by atoms with Gasteiger partial charge in [0.05, 0.1) is 10.0 Å². The van der Waals surface area contributed by atoms with Crippen LogP contribution in [0.25, 0.3) is 0 Å². The van der Waals surface area contributed by atoms with Crippen molar-refractivity contribution in [2.24, 2.45) is 0 Å². The van der Waals surface area contributed by atoms with Crippen LogP contribution in [0, 0.1) is 0 Å². The summed E-state index contributed by atoms with van der Waals surface area (Å²) in [6.45, 7) is 0. The number of halogens is 5. The zero-order chi connectivity index (χ0) is 9.35. The van der Waals surface area contributed by atoms with Gasteiger partial charge in [-0.15, -0.1) is 12.4 Å². The van der Waals surface area contributed by atoms with Gasteiger partial charge in [0.1, 0.15) is 0 Å². The number of alkyl halides is 3. The fraction of sp³-hybridized carbons (Fsp3) is 0.143. The Hall–Kier alpha value is -0.420. The van der Waals surface area contributed by atoms with E-state index < -0.39 is 11.7 Å². The number of benzene rings is 1. The second-order valence-electron chi connectivity index (χ2n) is 2.21. The first-order chi connectivity index (χ1) is 5.43. The van der Waals surface area contributed by atoms with Gasteiger partial charge in [-0.05, 0) is 28.1 Å². The Balaban J connectivity index is 0.00000144. The largest absolute Gasteiger partial charge is 0.417 e. The summed E-state index contributed by atoms with van der Waals surface area (Å²) in [6.07, 6.45) is -4.35. The Morgan fingerprint density at radius 3 is 2.15 bits per heavy atom. The summed E-state index contributed by atoms with van der Waals surface area (Å²) in [5.41, 5.74) is 4.61. The molecule has 0 unspecified atom stereocenters. The molecular weight excluding hydrogens is 270 g/mol. The molecule has 0 saturated heterocycles. The highest BCUT2D eigenvalue weighted by molar-refractivity contribution is 9.10. The second-order valence-corrected chi connectivity index (χ2v) is 3.00. The normalized spacial score (nSPS) is 10.8. The van der Waals surface area contributed by atoms with Crippen molar-refractivity contribution in [1.82, 2.24) is 0 Å². The number of anilines is 1. The Bertz CT molecular complexity index is 300. The predicted octanol–water partition coefficient (Wildman–Crippen LogP) is 3.47. The van der Waals surface area contributed by atoms with E-state index in [1.807, 2.05) is 0 Å². The van der Waals surface area contributed by atoms with Crippen LogP contribution in [-0.2, 0) is 6.18 Å². The Morgan fingerprint density at radius 1 is 1.23 bits per heavy atom. The maximum Gasteiger partial charge on any atom is 0.417 e. The van der Waals surface area contributed by atoms with Gasteiger partial charge in [-0.3, -0.25) is 0 Å². The minimum absolute atomic E-state index is 0. The van der Waals surface area contributed by atoms with Crippen LogP contribution in [0.2, 0.25) is 0 Å². The van der Waals surface area contributed by atoms with Crippen LogP contribution in [0.1, 0.15) is 5.56 Å². The first-order valence-electron chi connectivity index (χ1n) is 3.04. The quantitative estimate of drug-likeness (QED) is 0.721. The smallest absolute Gasteiger partial charge is 0.398 e. The third-order valence-electron chi connectivity index (χ3n) is 1.33. The van der Waals surface area contributed by atoms with Crippen molar-refractivity contribution < 1.29 is 13.2 Å². The molecule has 0 amide bonds. The summed E-state index contributed by atoms with van der Waals surface area (Å²) in [5.74, 6) is 0. The van der Waals surface area contributed by atoms with E-state index in [1.165, 1.54) is 12.1 Å². The molecule has 13 heavy (non-hydrogen) atoms. The molecule has 1 rings (SSSR count). The van der Waals surface area contributed by atoms with Gasteiger partial charge in [-0.1, -0.05) is 6.07 Å². The average Bonchev–Trinajstić information content (AvgIpc) is 1.92. The Kier molecular flexibility index (Phi) is 4.06. The van der Waals surface area contributed by atoms with Crippen LogP contribution in [0.5, 0.6) is 0 Å². The molecule has 0 aliphatic rings. The van der Waals surface area contributed by atoms with E-state index in [9.17, 15) is 13.2 Å². The maximum absolute atomic E-state index is 12.1. The van der Waals surface area contributed by atoms with E-state index >= 15 is 0 Å². The fourth-order valence-corrected chi connectivity index (χ4v) is 1.26. The summed E-state index contributed by atoms with van der Waals surface area (Å²) in [5, 5.41) is 0. The van der Waals surface area contributed by atoms with E-state index in [1.54, 1.807) is 0 Å². The first-order valence-corrected chi connectivity index (χ1v) is 3.83. The highest BCUT2D eigenvalue weighted by Crippen LogP contribution is 2.37. The Morgan fingerprint density at radius 2 is 1.77 bits per heavy atom. The van der Waals surface area contributed by atoms with Crippen molar-refractivity contribution in [3.8, 4) is 0 Å². The number of rotatable bonds is 0. The van der Waals surface area contributed by atoms with Gasteiger partial charge < -0.3 is 5.73 Å². The molecule has 6 heteroatoms. The molecule has 0 aliphatic heterocycles. The van der Waals surface area contributed by atoms with Gasteiger partial charge in [-0.25, -0.2) is 0 Å². The van der Waals surface area contributed by atoms with E-state index in [4.69, 9.17) is 5.73 Å². The van der Waals surface area contributed by atoms with Gasteiger partial charge in [0.15, 0.2) is 0 Å². The fourth-order valence-electron chi connectivity index (χ4n) is 0.769. The van der Waals surface area contributed by atoms with E-state index in [-0.39, 0.29) is 22.6 Å². The monoisotopic (exact) mass is 275 g/mol. The van der Waals surface area contributed by atoms with Crippen molar-refractivity contribution in [2.45, 2.75) is 6.18 Å². The van der Waals surface area contributed by atoms with Crippen LogP contribution in [0.15, 0.2) is 22.7 Å². The second kappa shape index (κ2) is 4.19. The number of nitrogens with two attached hydrogens (primary N) is 1. The summed E-state index contributed by atoms with van der Waals surface area (Å²) in [6, 6.07) is 3.64. The summed E-state index contributed by atoms with van der Waals surface area (Å²) >= 11 is 2.77. The zero-order valence-corrected chi connectivity index (χ0v) is 8.63. The van der Waals surface area contributed by atoms with Crippen LogP contribution in [0.4, 0.5) is 18.9 Å². The topological polar surface area (TPSA) is 26.0 Å². The van der Waals surface area contributed by atoms with Gasteiger partial charge in [-0.2, -0.15) is 13.2 Å². The van der Waals surface area contributed by atoms with Crippen molar-refractivity contribution >= 4 is 34.0 Å². The molecular formula is C7H6BrClF3N. The molecule has 0 spiro atoms. The standard InChI is InChI=1S/C7H5BrF3N.ClH/c8-6-4(7(9,10)11)2-1-3-5(6)12;/h1-3H,12H2;1H. The molecule has 0 aliphatic carbocycles. The minimum Gasteiger partial charge on any atom is -0.398 e. The lowest BCUT2D eigenvalue weighted by atomic mass is 10.2. The summed E-state index contributed by atoms with van der Waals surface area (Å²) in [7, 11) is 0. The highest BCUT2D eigenvalue weighted by Gasteiger charge is 2.33. The van der Waals surface area contributed by atoms with Crippen LogP contribution in [-0.4, -0.2) is 0 Å². The summed E-state index contributed by atoms with van der Waals surface area (Å²) < 4.78 is 36.3. The Labute approximate surface area is 87.7 Å². The maximum atomic E-state index is 12.1. The lowest BCUT2D eigenvalue weighted by Gasteiger charge is -2.09. The van der Waals surface area contributed by atoms with Crippen molar-refractivity contribution in [2.75, 3.05) is 5.73 Å². The lowest BCUT2D eigenvalue weighted by molar-refractivity contribution is -0.138. The molecule has 0 atom stereocenters. The molecule has 2 N–H and O–H groups in total. The summed E-state index contributed by atoms with van der Waals surface area (Å²) in [4.78, 5) is 0. The molecule has 1 aromatic rings. The molecule has 0 bridgehead atoms. The van der Waals surface area contributed by atoms with E-state index in [0.717, 1.165) is 6.07 Å². The lowest BCUT2D eigenvalue weighted by Crippen LogP contribution is -2.06. The average molecular weight is 276 g/mol. The number of hydrogen-bond donors (Lipinski definition) is 1. The van der Waals surface area contributed by atoms with Crippen molar-refractivity contribution in [3.05, 3.63) is 28.2 Å². The zero-order valence-electron chi connectivity index (χ0n) is 6.23. The third kappa shape index (κ3) is 2.77. The third-order valence-corrected chi connectivity index (χ3v) is 2.22. The van der Waals surface area contributed by atoms with Crippen LogP contribution in [0.3, 0.4) is 0 Å². The van der Waals surface area contributed by atoms with Gasteiger partial charge in [0, 0.05) is 5.69 Å². The molecule has 0 aromatic heterocycles. The molecule has 1 nitrogen and oxygen atoms in total. The van der Waals surface area contributed by atoms with E-state index in [0.29, 0.717) is 0 Å². The minimum atomic E-state index is -4.35. The molecule has 1 aromatic carbocycles. The molecule has 0 saturated carbocycles. The van der Waals surface area contributed by atoms with Gasteiger partial charge in [0.2, 0.25) is 0 Å². The van der Waals surface area contributed by atoms with Crippen LogP contribution >= 0.6 is 28.3 Å². The number of hydrogen-bond acceptors (Lipinski definition) is 1. The molecule has 0 radical (unpaired) electrons.